The minimum Gasteiger partial charge on any atom is -0.326 e. The van der Waals surface area contributed by atoms with Crippen molar-refractivity contribution in [2.45, 2.75) is 32.6 Å². The molecule has 2 aromatic carbocycles. The second kappa shape index (κ2) is 7.05. The highest BCUT2D eigenvalue weighted by Gasteiger charge is 2.16. The van der Waals surface area contributed by atoms with Crippen molar-refractivity contribution >= 4 is 17.3 Å². The Morgan fingerprint density at radius 3 is 1.96 bits per heavy atom. The van der Waals surface area contributed by atoms with Crippen LogP contribution in [0, 0.1) is 10.1 Å². The van der Waals surface area contributed by atoms with Gasteiger partial charge in [-0.2, -0.15) is 0 Å². The van der Waals surface area contributed by atoms with Crippen molar-refractivity contribution in [1.82, 2.24) is 0 Å². The molecule has 2 rings (SSSR count). The van der Waals surface area contributed by atoms with Crippen LogP contribution in [-0.4, -0.2) is 10.8 Å². The van der Waals surface area contributed by atoms with Gasteiger partial charge in [0.25, 0.3) is 5.69 Å². The summed E-state index contributed by atoms with van der Waals surface area (Å²) in [7, 11) is 0. The van der Waals surface area contributed by atoms with Crippen LogP contribution in [0.3, 0.4) is 0 Å². The molecule has 0 aliphatic rings. The maximum absolute atomic E-state index is 12.3. The van der Waals surface area contributed by atoms with E-state index in [9.17, 15) is 14.9 Å². The molecule has 0 bridgehead atoms. The van der Waals surface area contributed by atoms with Gasteiger partial charge < -0.3 is 5.32 Å². The third-order valence-electron chi connectivity index (χ3n) is 3.84. The number of hydrogen-bond donors (Lipinski definition) is 1. The molecule has 0 unspecified atom stereocenters. The van der Waals surface area contributed by atoms with Crippen LogP contribution in [0.15, 0.2) is 48.5 Å². The summed E-state index contributed by atoms with van der Waals surface area (Å²) < 4.78 is 0. The fourth-order valence-corrected chi connectivity index (χ4v) is 2.24. The molecule has 0 aliphatic carbocycles. The molecule has 0 aromatic heterocycles. The second-order valence-electron chi connectivity index (χ2n) is 5.84. The van der Waals surface area contributed by atoms with E-state index in [-0.39, 0.29) is 17.5 Å². The zero-order chi connectivity index (χ0) is 17.0. The maximum atomic E-state index is 12.3. The van der Waals surface area contributed by atoms with Crippen molar-refractivity contribution in [3.05, 3.63) is 69.8 Å². The molecular weight excluding hydrogens is 292 g/mol. The first-order valence-electron chi connectivity index (χ1n) is 7.53. The Morgan fingerprint density at radius 2 is 1.48 bits per heavy atom. The van der Waals surface area contributed by atoms with Crippen LogP contribution in [0.2, 0.25) is 0 Å². The molecule has 1 N–H and O–H groups in total. The summed E-state index contributed by atoms with van der Waals surface area (Å²) in [6.45, 7) is 6.01. The molecule has 0 heterocycles. The molecule has 0 spiro atoms. The monoisotopic (exact) mass is 312 g/mol. The SMILES string of the molecule is CC(C)c1ccc(NC(=O)[C@H](C)c2ccc([N+](=O)[O-])cc2)cc1. The molecule has 0 radical (unpaired) electrons. The maximum Gasteiger partial charge on any atom is 0.269 e. The number of nitrogens with one attached hydrogen (secondary N) is 1. The Kier molecular flexibility index (Phi) is 5.11. The summed E-state index contributed by atoms with van der Waals surface area (Å²) in [5.41, 5.74) is 2.72. The number of nitrogens with zero attached hydrogens (tertiary/aromatic N) is 1. The molecular formula is C18H20N2O3. The van der Waals surface area contributed by atoms with Crippen LogP contribution in [0.5, 0.6) is 0 Å². The van der Waals surface area contributed by atoms with Gasteiger partial charge in [-0.1, -0.05) is 38.1 Å². The Morgan fingerprint density at radius 1 is 0.957 bits per heavy atom. The van der Waals surface area contributed by atoms with E-state index in [2.05, 4.69) is 19.2 Å². The van der Waals surface area contributed by atoms with Crippen molar-refractivity contribution in [3.8, 4) is 0 Å². The number of nitro groups is 1. The molecule has 5 nitrogen and oxygen atoms in total. The quantitative estimate of drug-likeness (QED) is 0.654. The average molecular weight is 312 g/mol. The highest BCUT2D eigenvalue weighted by molar-refractivity contribution is 5.95. The zero-order valence-corrected chi connectivity index (χ0v) is 13.4. The van der Waals surface area contributed by atoms with Crippen molar-refractivity contribution in [1.29, 1.82) is 0 Å². The number of amides is 1. The van der Waals surface area contributed by atoms with Gasteiger partial charge in [0.15, 0.2) is 0 Å². The molecule has 0 aliphatic heterocycles. The van der Waals surface area contributed by atoms with Gasteiger partial charge in [-0.15, -0.1) is 0 Å². The number of hydrogen-bond acceptors (Lipinski definition) is 3. The number of rotatable bonds is 5. The number of carbonyl (C=O) groups excluding carboxylic acids is 1. The topological polar surface area (TPSA) is 72.2 Å². The van der Waals surface area contributed by atoms with Crippen molar-refractivity contribution in [2.75, 3.05) is 5.32 Å². The van der Waals surface area contributed by atoms with Crippen LogP contribution < -0.4 is 5.32 Å². The molecule has 1 amide bonds. The first kappa shape index (κ1) is 16.7. The Bertz CT molecular complexity index is 691. The third kappa shape index (κ3) is 4.16. The van der Waals surface area contributed by atoms with Crippen LogP contribution >= 0.6 is 0 Å². The van der Waals surface area contributed by atoms with E-state index >= 15 is 0 Å². The van der Waals surface area contributed by atoms with Gasteiger partial charge in [0.2, 0.25) is 5.91 Å². The van der Waals surface area contributed by atoms with Crippen molar-refractivity contribution in [2.24, 2.45) is 0 Å². The largest absolute Gasteiger partial charge is 0.326 e. The second-order valence-corrected chi connectivity index (χ2v) is 5.84. The summed E-state index contributed by atoms with van der Waals surface area (Å²) in [5.74, 6) is -0.0875. The Labute approximate surface area is 135 Å². The van der Waals surface area contributed by atoms with Gasteiger partial charge >= 0.3 is 0 Å². The van der Waals surface area contributed by atoms with Gasteiger partial charge in [0, 0.05) is 17.8 Å². The normalized spacial score (nSPS) is 12.0. The lowest BCUT2D eigenvalue weighted by Crippen LogP contribution is -2.18. The van der Waals surface area contributed by atoms with Gasteiger partial charge in [-0.3, -0.25) is 14.9 Å². The summed E-state index contributed by atoms with van der Waals surface area (Å²) in [6, 6.07) is 13.8. The van der Waals surface area contributed by atoms with Gasteiger partial charge in [0.05, 0.1) is 10.8 Å². The van der Waals surface area contributed by atoms with E-state index < -0.39 is 4.92 Å². The number of non-ortho nitro benzene ring substituents is 1. The number of nitro benzene ring substituents is 1. The zero-order valence-electron chi connectivity index (χ0n) is 13.4. The van der Waals surface area contributed by atoms with Gasteiger partial charge in [0.1, 0.15) is 0 Å². The predicted molar refractivity (Wildman–Crippen MR) is 90.7 cm³/mol. The van der Waals surface area contributed by atoms with E-state index in [0.717, 1.165) is 11.3 Å². The van der Waals surface area contributed by atoms with Gasteiger partial charge in [-0.05, 0) is 36.1 Å². The van der Waals surface area contributed by atoms with E-state index in [0.29, 0.717) is 5.92 Å². The van der Waals surface area contributed by atoms with E-state index in [1.165, 1.54) is 17.7 Å². The first-order valence-corrected chi connectivity index (χ1v) is 7.53. The molecule has 120 valence electrons. The standard InChI is InChI=1S/C18H20N2O3/c1-12(2)14-4-8-16(9-5-14)19-18(21)13(3)15-6-10-17(11-7-15)20(22)23/h4-13H,1-3H3,(H,19,21)/t13-/m1/s1. The Balaban J connectivity index is 2.05. The molecule has 2 aromatic rings. The lowest BCUT2D eigenvalue weighted by atomic mass is 9.99. The summed E-state index contributed by atoms with van der Waals surface area (Å²) in [5, 5.41) is 13.5. The number of carbonyl (C=O) groups is 1. The summed E-state index contributed by atoms with van der Waals surface area (Å²) in [6.07, 6.45) is 0. The smallest absolute Gasteiger partial charge is 0.269 e. The summed E-state index contributed by atoms with van der Waals surface area (Å²) >= 11 is 0. The Hall–Kier alpha value is -2.69. The minimum absolute atomic E-state index is 0.0191. The van der Waals surface area contributed by atoms with Crippen molar-refractivity contribution in [3.63, 3.8) is 0 Å². The number of benzene rings is 2. The highest BCUT2D eigenvalue weighted by atomic mass is 16.6. The first-order chi connectivity index (χ1) is 10.9. The average Bonchev–Trinajstić information content (AvgIpc) is 2.54. The predicted octanol–water partition coefficient (Wildman–Crippen LogP) is 4.46. The van der Waals surface area contributed by atoms with Crippen molar-refractivity contribution < 1.29 is 9.72 Å². The van der Waals surface area contributed by atoms with Crippen LogP contribution in [0.25, 0.3) is 0 Å². The third-order valence-corrected chi connectivity index (χ3v) is 3.84. The molecule has 23 heavy (non-hydrogen) atoms. The van der Waals surface area contributed by atoms with Gasteiger partial charge in [-0.25, -0.2) is 0 Å². The van der Waals surface area contributed by atoms with E-state index in [1.54, 1.807) is 19.1 Å². The highest BCUT2D eigenvalue weighted by Crippen LogP contribution is 2.22. The molecule has 0 saturated heterocycles. The van der Waals surface area contributed by atoms with Crippen LogP contribution in [-0.2, 0) is 4.79 Å². The number of anilines is 1. The molecule has 0 fully saturated rings. The lowest BCUT2D eigenvalue weighted by molar-refractivity contribution is -0.384. The van der Waals surface area contributed by atoms with Crippen LogP contribution in [0.4, 0.5) is 11.4 Å². The molecule has 0 saturated carbocycles. The fraction of sp³-hybridized carbons (Fsp3) is 0.278. The lowest BCUT2D eigenvalue weighted by Gasteiger charge is -2.13. The molecule has 5 heteroatoms. The fourth-order valence-electron chi connectivity index (χ4n) is 2.24. The van der Waals surface area contributed by atoms with Crippen LogP contribution in [0.1, 0.15) is 43.7 Å². The molecule has 1 atom stereocenters. The summed E-state index contributed by atoms with van der Waals surface area (Å²) in [4.78, 5) is 22.5. The van der Waals surface area contributed by atoms with E-state index in [1.807, 2.05) is 24.3 Å². The van der Waals surface area contributed by atoms with E-state index in [4.69, 9.17) is 0 Å². The minimum atomic E-state index is -0.454.